The third kappa shape index (κ3) is 5.73. The Balaban J connectivity index is 1.49. The van der Waals surface area contributed by atoms with Crippen molar-refractivity contribution in [2.24, 2.45) is 5.73 Å². The molecule has 41 heavy (non-hydrogen) atoms. The summed E-state index contributed by atoms with van der Waals surface area (Å²) in [5, 5.41) is 9.99. The monoisotopic (exact) mass is 546 g/mol. The minimum absolute atomic E-state index is 0.00762. The van der Waals surface area contributed by atoms with E-state index in [1.165, 1.54) is 0 Å². The minimum Gasteiger partial charge on any atom is -0.490 e. The highest BCUT2D eigenvalue weighted by Gasteiger charge is 2.32. The molecule has 0 bridgehead atoms. The molecule has 1 unspecified atom stereocenters. The van der Waals surface area contributed by atoms with Gasteiger partial charge in [-0.05, 0) is 48.7 Å². The van der Waals surface area contributed by atoms with Crippen LogP contribution in [0.2, 0.25) is 0 Å². The molecule has 1 heterocycles. The van der Waals surface area contributed by atoms with Gasteiger partial charge < -0.3 is 24.7 Å². The minimum atomic E-state index is -0.613. The Morgan fingerprint density at radius 2 is 1.51 bits per heavy atom. The van der Waals surface area contributed by atoms with Crippen LogP contribution >= 0.6 is 0 Å². The molecular formula is C34H30N2O5. The van der Waals surface area contributed by atoms with E-state index in [1.807, 2.05) is 92.7 Å². The van der Waals surface area contributed by atoms with Crippen LogP contribution in [0.4, 0.5) is 0 Å². The molecule has 4 aromatic rings. The number of hydrogen-bond donors (Lipinski definition) is 1. The fourth-order valence-corrected chi connectivity index (χ4v) is 5.02. The number of nitrogens with zero attached hydrogens (tertiary/aromatic N) is 1. The van der Waals surface area contributed by atoms with Gasteiger partial charge in [-0.15, -0.1) is 0 Å². The van der Waals surface area contributed by atoms with Gasteiger partial charge in [0.05, 0.1) is 19.1 Å². The summed E-state index contributed by atoms with van der Waals surface area (Å²) >= 11 is 0. The molecule has 5 rings (SSSR count). The van der Waals surface area contributed by atoms with Crippen molar-refractivity contribution < 1.29 is 23.7 Å². The van der Waals surface area contributed by atoms with Crippen LogP contribution < -0.4 is 24.7 Å². The van der Waals surface area contributed by atoms with Crippen LogP contribution in [0.15, 0.2) is 109 Å². The van der Waals surface area contributed by atoms with E-state index in [9.17, 15) is 10.1 Å². The first-order valence-electron chi connectivity index (χ1n) is 13.5. The quantitative estimate of drug-likeness (QED) is 0.190. The Morgan fingerprint density at radius 1 is 0.878 bits per heavy atom. The summed E-state index contributed by atoms with van der Waals surface area (Å²) in [6.45, 7) is 4.75. The van der Waals surface area contributed by atoms with Crippen molar-refractivity contribution in [2.45, 2.75) is 25.7 Å². The Hall–Kier alpha value is -5.22. The largest absolute Gasteiger partial charge is 0.490 e. The van der Waals surface area contributed by atoms with Crippen LogP contribution in [0.3, 0.4) is 0 Å². The highest BCUT2D eigenvalue weighted by Crippen LogP contribution is 2.45. The number of benzene rings is 4. The van der Waals surface area contributed by atoms with Gasteiger partial charge in [-0.25, -0.2) is 0 Å². The third-order valence-electron chi connectivity index (χ3n) is 6.81. The zero-order valence-electron chi connectivity index (χ0n) is 22.9. The first kappa shape index (κ1) is 27.4. The molecule has 206 valence electrons. The van der Waals surface area contributed by atoms with Gasteiger partial charge in [0.25, 0.3) is 0 Å². The highest BCUT2D eigenvalue weighted by atomic mass is 16.5. The molecule has 0 spiro atoms. The number of fused-ring (bicyclic) bond motifs is 1. The highest BCUT2D eigenvalue weighted by molar-refractivity contribution is 5.84. The summed E-state index contributed by atoms with van der Waals surface area (Å²) < 4.78 is 23.3. The fraction of sp³-hybridized carbons (Fsp3) is 0.176. The van der Waals surface area contributed by atoms with Crippen LogP contribution in [-0.4, -0.2) is 19.2 Å². The maximum atomic E-state index is 13.5. The number of allylic oxidation sites excluding steroid dienone is 1. The summed E-state index contributed by atoms with van der Waals surface area (Å²) in [6, 6.07) is 31.9. The molecule has 7 heteroatoms. The first-order chi connectivity index (χ1) is 20.0. The second-order valence-electron chi connectivity index (χ2n) is 9.37. The van der Waals surface area contributed by atoms with Crippen molar-refractivity contribution >= 4 is 5.97 Å². The Labute approximate surface area is 239 Å². The summed E-state index contributed by atoms with van der Waals surface area (Å²) in [7, 11) is 0. The van der Waals surface area contributed by atoms with E-state index in [2.05, 4.69) is 6.07 Å². The van der Waals surface area contributed by atoms with E-state index in [1.54, 1.807) is 18.2 Å². The van der Waals surface area contributed by atoms with E-state index in [4.69, 9.17) is 24.7 Å². The van der Waals surface area contributed by atoms with Crippen LogP contribution in [0.5, 0.6) is 23.0 Å². The van der Waals surface area contributed by atoms with Gasteiger partial charge in [-0.2, -0.15) is 5.26 Å². The summed E-state index contributed by atoms with van der Waals surface area (Å²) in [5.74, 6) is 0.348. The van der Waals surface area contributed by atoms with Gasteiger partial charge in [-0.1, -0.05) is 72.8 Å². The molecule has 1 aliphatic rings. The lowest BCUT2D eigenvalue weighted by Crippen LogP contribution is -2.22. The molecule has 1 atom stereocenters. The smallest absolute Gasteiger partial charge is 0.323 e. The topological polar surface area (TPSA) is 104 Å². The van der Waals surface area contributed by atoms with Gasteiger partial charge in [0.15, 0.2) is 11.5 Å². The maximum absolute atomic E-state index is 13.5. The molecule has 0 amide bonds. The molecule has 0 radical (unpaired) electrons. The van der Waals surface area contributed by atoms with E-state index in [0.29, 0.717) is 41.8 Å². The standard InChI is InChI=1S/C34H30N2O5/c1-3-38-28-18-15-24(19-30(28)39-4-2)32-26-17-16-25(20-29(26)41-33(36)27(32)21-35)40-34(37)31(22-11-7-5-8-12-22)23-13-9-6-10-14-23/h5-20,31-32H,3-4,36H2,1-2H3. The van der Waals surface area contributed by atoms with Crippen molar-refractivity contribution in [3.63, 3.8) is 0 Å². The molecule has 0 aromatic heterocycles. The van der Waals surface area contributed by atoms with Crippen LogP contribution in [0.25, 0.3) is 0 Å². The maximum Gasteiger partial charge on any atom is 0.323 e. The van der Waals surface area contributed by atoms with E-state index >= 15 is 0 Å². The zero-order chi connectivity index (χ0) is 28.8. The molecule has 0 saturated heterocycles. The number of nitrogens with two attached hydrogens (primary N) is 1. The van der Waals surface area contributed by atoms with Gasteiger partial charge in [-0.3, -0.25) is 4.79 Å². The molecule has 0 saturated carbocycles. The number of ether oxygens (including phenoxy) is 4. The Kier molecular flexibility index (Phi) is 8.21. The van der Waals surface area contributed by atoms with Crippen molar-refractivity contribution in [3.05, 3.63) is 131 Å². The predicted octanol–water partition coefficient (Wildman–Crippen LogP) is 6.44. The van der Waals surface area contributed by atoms with Gasteiger partial charge in [0, 0.05) is 11.6 Å². The summed E-state index contributed by atoms with van der Waals surface area (Å²) in [5.41, 5.74) is 9.66. The number of esters is 1. The normalized spacial score (nSPS) is 14.0. The van der Waals surface area contributed by atoms with E-state index < -0.39 is 17.8 Å². The van der Waals surface area contributed by atoms with E-state index in [-0.39, 0.29) is 11.5 Å². The first-order valence-corrected chi connectivity index (χ1v) is 13.5. The van der Waals surface area contributed by atoms with Crippen molar-refractivity contribution in [1.29, 1.82) is 5.26 Å². The molecule has 4 aromatic carbocycles. The number of carbonyl (C=O) groups is 1. The van der Waals surface area contributed by atoms with Crippen molar-refractivity contribution in [1.82, 2.24) is 0 Å². The lowest BCUT2D eigenvalue weighted by molar-refractivity contribution is -0.135. The third-order valence-corrected chi connectivity index (χ3v) is 6.81. The van der Waals surface area contributed by atoms with Gasteiger partial charge in [0.2, 0.25) is 5.88 Å². The second kappa shape index (κ2) is 12.3. The summed E-state index contributed by atoms with van der Waals surface area (Å²) in [6.07, 6.45) is 0. The van der Waals surface area contributed by atoms with Crippen molar-refractivity contribution in [3.8, 4) is 29.1 Å². The molecule has 0 aliphatic carbocycles. The average Bonchev–Trinajstić information content (AvgIpc) is 2.99. The van der Waals surface area contributed by atoms with Gasteiger partial charge >= 0.3 is 5.97 Å². The number of rotatable bonds is 9. The van der Waals surface area contributed by atoms with Gasteiger partial charge in [0.1, 0.15) is 29.1 Å². The fourth-order valence-electron chi connectivity index (χ4n) is 5.02. The molecule has 1 aliphatic heterocycles. The molecule has 0 fully saturated rings. The Morgan fingerprint density at radius 3 is 2.12 bits per heavy atom. The molecule has 7 nitrogen and oxygen atoms in total. The van der Waals surface area contributed by atoms with E-state index in [0.717, 1.165) is 16.7 Å². The van der Waals surface area contributed by atoms with Crippen LogP contribution in [0, 0.1) is 11.3 Å². The average molecular weight is 547 g/mol. The predicted molar refractivity (Wildman–Crippen MR) is 155 cm³/mol. The molecule has 2 N–H and O–H groups in total. The van der Waals surface area contributed by atoms with Crippen molar-refractivity contribution in [2.75, 3.05) is 13.2 Å². The lowest BCUT2D eigenvalue weighted by atomic mass is 9.83. The van der Waals surface area contributed by atoms with Crippen LogP contribution in [0.1, 0.15) is 47.9 Å². The van der Waals surface area contributed by atoms with Crippen LogP contribution in [-0.2, 0) is 4.79 Å². The summed E-state index contributed by atoms with van der Waals surface area (Å²) in [4.78, 5) is 13.5. The molecular weight excluding hydrogens is 516 g/mol. The lowest BCUT2D eigenvalue weighted by Gasteiger charge is -2.27. The Bertz CT molecular complexity index is 1570. The number of hydrogen-bond acceptors (Lipinski definition) is 7. The SMILES string of the molecule is CCOc1ccc(C2C(C#N)=C(N)Oc3cc(OC(=O)C(c4ccccc4)c4ccccc4)ccc32)cc1OCC. The number of nitriles is 1. The number of carbonyl (C=O) groups excluding carboxylic acids is 1. The second-order valence-corrected chi connectivity index (χ2v) is 9.37. The zero-order valence-corrected chi connectivity index (χ0v) is 22.9.